The lowest BCUT2D eigenvalue weighted by Gasteiger charge is -1.98. The van der Waals surface area contributed by atoms with Crippen LogP contribution in [-0.4, -0.2) is 18.5 Å². The summed E-state index contributed by atoms with van der Waals surface area (Å²) in [5, 5.41) is 0. The predicted octanol–water partition coefficient (Wildman–Crippen LogP) is 1.18. The van der Waals surface area contributed by atoms with Crippen LogP contribution in [0.4, 0.5) is 0 Å². The van der Waals surface area contributed by atoms with Crippen LogP contribution in [0.5, 0.6) is 0 Å². The average Bonchev–Trinajstić information content (AvgIpc) is 2.00. The van der Waals surface area contributed by atoms with Crippen LogP contribution in [-0.2, 0) is 19.1 Å². The number of esters is 2. The maximum atomic E-state index is 10.7. The molecule has 72 valence electrons. The van der Waals surface area contributed by atoms with Crippen molar-refractivity contribution in [3.63, 3.8) is 0 Å². The Hall–Kier alpha value is -1.58. The van der Waals surface area contributed by atoms with Gasteiger partial charge in [-0.2, -0.15) is 0 Å². The summed E-state index contributed by atoms with van der Waals surface area (Å²) in [7, 11) is 0. The standard InChI is InChI=1S/C9H12O4/c1-4-12-9(11)6-5-7(2)13-8(3)10/h5-6H,2,4H2,1,3H3. The molecule has 0 heterocycles. The molecule has 0 unspecified atom stereocenters. The highest BCUT2D eigenvalue weighted by Gasteiger charge is 1.96. The minimum atomic E-state index is -0.490. The number of carbonyl (C=O) groups is 2. The number of allylic oxidation sites excluding steroid dienone is 1. The molecule has 0 aromatic carbocycles. The van der Waals surface area contributed by atoms with Crippen LogP contribution in [0.1, 0.15) is 13.8 Å². The summed E-state index contributed by atoms with van der Waals surface area (Å²) in [6.45, 7) is 6.65. The van der Waals surface area contributed by atoms with E-state index in [-0.39, 0.29) is 5.76 Å². The van der Waals surface area contributed by atoms with E-state index in [1.807, 2.05) is 0 Å². The van der Waals surface area contributed by atoms with Crippen LogP contribution >= 0.6 is 0 Å². The predicted molar refractivity (Wildman–Crippen MR) is 46.7 cm³/mol. The fourth-order valence-electron chi connectivity index (χ4n) is 0.570. The monoisotopic (exact) mass is 184 g/mol. The Balaban J connectivity index is 3.90. The summed E-state index contributed by atoms with van der Waals surface area (Å²) in [4.78, 5) is 21.1. The van der Waals surface area contributed by atoms with Gasteiger partial charge in [-0.25, -0.2) is 4.79 Å². The van der Waals surface area contributed by atoms with Gasteiger partial charge >= 0.3 is 11.9 Å². The van der Waals surface area contributed by atoms with Crippen molar-refractivity contribution >= 4 is 11.9 Å². The minimum Gasteiger partial charge on any atom is -0.463 e. The Morgan fingerprint density at radius 2 is 2.00 bits per heavy atom. The molecule has 0 amide bonds. The van der Waals surface area contributed by atoms with Crippen LogP contribution in [0.25, 0.3) is 0 Å². The van der Waals surface area contributed by atoms with E-state index in [1.165, 1.54) is 13.0 Å². The van der Waals surface area contributed by atoms with Gasteiger partial charge in [-0.3, -0.25) is 4.79 Å². The molecule has 0 aliphatic carbocycles. The van der Waals surface area contributed by atoms with Gasteiger partial charge in [0.1, 0.15) is 5.76 Å². The van der Waals surface area contributed by atoms with Crippen molar-refractivity contribution in [1.82, 2.24) is 0 Å². The summed E-state index contributed by atoms with van der Waals surface area (Å²) < 4.78 is 9.14. The van der Waals surface area contributed by atoms with Crippen molar-refractivity contribution in [2.45, 2.75) is 13.8 Å². The molecule has 4 heteroatoms. The van der Waals surface area contributed by atoms with Gasteiger partial charge in [0.05, 0.1) is 6.61 Å². The lowest BCUT2D eigenvalue weighted by Crippen LogP contribution is -2.00. The maximum absolute atomic E-state index is 10.7. The minimum absolute atomic E-state index is 0.112. The lowest BCUT2D eigenvalue weighted by molar-refractivity contribution is -0.138. The number of carbonyl (C=O) groups excluding carboxylic acids is 2. The Labute approximate surface area is 76.8 Å². The van der Waals surface area contributed by atoms with Crippen LogP contribution < -0.4 is 0 Å². The highest BCUT2D eigenvalue weighted by molar-refractivity contribution is 5.82. The Morgan fingerprint density at radius 1 is 1.38 bits per heavy atom. The average molecular weight is 184 g/mol. The third-order valence-electron chi connectivity index (χ3n) is 0.967. The van der Waals surface area contributed by atoms with Crippen LogP contribution in [0.15, 0.2) is 24.5 Å². The molecule has 0 aliphatic rings. The maximum Gasteiger partial charge on any atom is 0.330 e. The zero-order valence-electron chi connectivity index (χ0n) is 7.70. The Morgan fingerprint density at radius 3 is 2.46 bits per heavy atom. The van der Waals surface area contributed by atoms with Gasteiger partial charge in [0.25, 0.3) is 0 Å². The third-order valence-corrected chi connectivity index (χ3v) is 0.967. The molecule has 0 bridgehead atoms. The van der Waals surface area contributed by atoms with Gasteiger partial charge in [-0.05, 0) is 13.0 Å². The first-order valence-electron chi connectivity index (χ1n) is 3.78. The van der Waals surface area contributed by atoms with Gasteiger partial charge < -0.3 is 9.47 Å². The van der Waals surface area contributed by atoms with Crippen molar-refractivity contribution in [3.8, 4) is 0 Å². The molecule has 0 aliphatic heterocycles. The normalized spacial score (nSPS) is 9.69. The second kappa shape index (κ2) is 5.99. The highest BCUT2D eigenvalue weighted by atomic mass is 16.5. The molecule has 0 N–H and O–H groups in total. The summed E-state index contributed by atoms with van der Waals surface area (Å²) >= 11 is 0. The zero-order chi connectivity index (χ0) is 10.3. The molecular formula is C9H12O4. The largest absolute Gasteiger partial charge is 0.463 e. The van der Waals surface area contributed by atoms with Crippen molar-refractivity contribution in [2.24, 2.45) is 0 Å². The summed E-state index contributed by atoms with van der Waals surface area (Å²) in [6, 6.07) is 0. The molecule has 4 nitrogen and oxygen atoms in total. The van der Waals surface area contributed by atoms with E-state index in [0.717, 1.165) is 6.08 Å². The van der Waals surface area contributed by atoms with Crippen LogP contribution in [0.3, 0.4) is 0 Å². The number of ether oxygens (including phenoxy) is 2. The molecule has 0 radical (unpaired) electrons. The van der Waals surface area contributed by atoms with Crippen molar-refractivity contribution in [2.75, 3.05) is 6.61 Å². The quantitative estimate of drug-likeness (QED) is 0.285. The first kappa shape index (κ1) is 11.4. The number of hydrogen-bond donors (Lipinski definition) is 0. The highest BCUT2D eigenvalue weighted by Crippen LogP contribution is 1.96. The van der Waals surface area contributed by atoms with E-state index in [4.69, 9.17) is 0 Å². The van der Waals surface area contributed by atoms with Crippen molar-refractivity contribution in [3.05, 3.63) is 24.5 Å². The molecule has 0 saturated carbocycles. The molecule has 0 atom stereocenters. The smallest absolute Gasteiger partial charge is 0.330 e. The molecule has 0 aromatic heterocycles. The van der Waals surface area contributed by atoms with Gasteiger partial charge in [0.2, 0.25) is 0 Å². The van der Waals surface area contributed by atoms with Crippen molar-refractivity contribution < 1.29 is 19.1 Å². The Bertz CT molecular complexity index is 240. The summed E-state index contributed by atoms with van der Waals surface area (Å²) in [5.41, 5.74) is 0. The molecule has 13 heavy (non-hydrogen) atoms. The van der Waals surface area contributed by atoms with E-state index >= 15 is 0 Å². The van der Waals surface area contributed by atoms with E-state index in [9.17, 15) is 9.59 Å². The molecule has 0 aromatic rings. The second-order valence-electron chi connectivity index (χ2n) is 2.15. The van der Waals surface area contributed by atoms with Crippen molar-refractivity contribution in [1.29, 1.82) is 0 Å². The fourth-order valence-corrected chi connectivity index (χ4v) is 0.570. The van der Waals surface area contributed by atoms with Gasteiger partial charge in [-0.1, -0.05) is 6.58 Å². The fraction of sp³-hybridized carbons (Fsp3) is 0.333. The van der Waals surface area contributed by atoms with E-state index < -0.39 is 11.9 Å². The molecule has 0 fully saturated rings. The lowest BCUT2D eigenvalue weighted by atomic mass is 10.4. The first-order valence-corrected chi connectivity index (χ1v) is 3.78. The van der Waals surface area contributed by atoms with Gasteiger partial charge in [0.15, 0.2) is 0 Å². The number of hydrogen-bond acceptors (Lipinski definition) is 4. The topological polar surface area (TPSA) is 52.6 Å². The first-order chi connectivity index (χ1) is 6.06. The van der Waals surface area contributed by atoms with Crippen LogP contribution in [0, 0.1) is 0 Å². The summed E-state index contributed by atoms with van der Waals surface area (Å²) in [5.74, 6) is -0.852. The SMILES string of the molecule is C=C(C=CC(=O)OCC)OC(C)=O. The zero-order valence-corrected chi connectivity index (χ0v) is 7.70. The van der Waals surface area contributed by atoms with E-state index in [1.54, 1.807) is 6.92 Å². The van der Waals surface area contributed by atoms with Gasteiger partial charge in [-0.15, -0.1) is 0 Å². The molecular weight excluding hydrogens is 172 g/mol. The summed E-state index contributed by atoms with van der Waals surface area (Å²) in [6.07, 6.45) is 2.42. The van der Waals surface area contributed by atoms with Gasteiger partial charge in [0, 0.05) is 13.0 Å². The van der Waals surface area contributed by atoms with E-state index in [0.29, 0.717) is 6.61 Å². The third kappa shape index (κ3) is 6.80. The molecule has 0 spiro atoms. The Kier molecular flexibility index (Phi) is 5.27. The van der Waals surface area contributed by atoms with E-state index in [2.05, 4.69) is 16.1 Å². The molecule has 0 rings (SSSR count). The van der Waals surface area contributed by atoms with Crippen LogP contribution in [0.2, 0.25) is 0 Å². The second-order valence-corrected chi connectivity index (χ2v) is 2.15. The number of rotatable bonds is 4. The molecule has 0 saturated heterocycles.